The van der Waals surface area contributed by atoms with Crippen LogP contribution < -0.4 is 0 Å². The van der Waals surface area contributed by atoms with Gasteiger partial charge in [-0.1, -0.05) is 36.1 Å². The molecule has 31 heavy (non-hydrogen) atoms. The van der Waals surface area contributed by atoms with Crippen molar-refractivity contribution in [2.24, 2.45) is 0 Å². The molecule has 0 radical (unpaired) electrons. The third-order valence-electron chi connectivity index (χ3n) is 5.13. The van der Waals surface area contributed by atoms with Gasteiger partial charge in [0.15, 0.2) is 0 Å². The monoisotopic (exact) mass is 418 g/mol. The van der Waals surface area contributed by atoms with Crippen molar-refractivity contribution in [3.05, 3.63) is 118 Å². The zero-order valence-electron chi connectivity index (χ0n) is 16.8. The number of halogens is 4. The maximum atomic E-state index is 14.5. The summed E-state index contributed by atoms with van der Waals surface area (Å²) < 4.78 is 56.3. The molecular weight excluding hydrogens is 400 g/mol. The van der Waals surface area contributed by atoms with Crippen LogP contribution in [0.5, 0.6) is 0 Å². The molecule has 0 aliphatic carbocycles. The molecule has 4 heteroatoms. The highest BCUT2D eigenvalue weighted by Gasteiger charge is 2.11. The van der Waals surface area contributed by atoms with E-state index in [1.807, 2.05) is 6.07 Å². The van der Waals surface area contributed by atoms with E-state index in [1.165, 1.54) is 30.3 Å². The summed E-state index contributed by atoms with van der Waals surface area (Å²) >= 11 is 0. The fourth-order valence-corrected chi connectivity index (χ4v) is 3.45. The molecular formula is C27H18F4. The van der Waals surface area contributed by atoms with Gasteiger partial charge in [0.05, 0.1) is 5.56 Å². The van der Waals surface area contributed by atoms with Gasteiger partial charge in [-0.3, -0.25) is 0 Å². The predicted octanol–water partition coefficient (Wildman–Crippen LogP) is 6.89. The van der Waals surface area contributed by atoms with Crippen LogP contribution in [0.1, 0.15) is 27.8 Å². The van der Waals surface area contributed by atoms with Crippen LogP contribution in [0, 0.1) is 42.0 Å². The average molecular weight is 418 g/mol. The van der Waals surface area contributed by atoms with Gasteiger partial charge in [0.25, 0.3) is 0 Å². The van der Waals surface area contributed by atoms with Gasteiger partial charge in [-0.15, -0.1) is 0 Å². The van der Waals surface area contributed by atoms with Gasteiger partial charge in [0, 0.05) is 5.56 Å². The van der Waals surface area contributed by atoms with E-state index in [1.54, 1.807) is 37.3 Å². The summed E-state index contributed by atoms with van der Waals surface area (Å²) in [6.07, 6.45) is 0.649. The van der Waals surface area contributed by atoms with Crippen molar-refractivity contribution >= 4 is 10.8 Å². The van der Waals surface area contributed by atoms with E-state index in [0.29, 0.717) is 29.5 Å². The lowest BCUT2D eigenvalue weighted by atomic mass is 10.0. The first kappa shape index (κ1) is 20.7. The molecule has 4 rings (SSSR count). The molecule has 0 unspecified atom stereocenters. The molecule has 0 nitrogen and oxygen atoms in total. The van der Waals surface area contributed by atoms with Crippen molar-refractivity contribution in [3.63, 3.8) is 0 Å². The van der Waals surface area contributed by atoms with Gasteiger partial charge < -0.3 is 0 Å². The lowest BCUT2D eigenvalue weighted by molar-refractivity contribution is 0.573. The van der Waals surface area contributed by atoms with Gasteiger partial charge >= 0.3 is 0 Å². The Hall–Kier alpha value is -3.58. The number of benzene rings is 4. The van der Waals surface area contributed by atoms with E-state index >= 15 is 0 Å². The van der Waals surface area contributed by atoms with E-state index in [-0.39, 0.29) is 17.2 Å². The number of hydrogen-bond acceptors (Lipinski definition) is 0. The van der Waals surface area contributed by atoms with Crippen molar-refractivity contribution in [3.8, 4) is 11.8 Å². The van der Waals surface area contributed by atoms with Crippen molar-refractivity contribution in [1.82, 2.24) is 0 Å². The van der Waals surface area contributed by atoms with Crippen LogP contribution in [0.2, 0.25) is 0 Å². The van der Waals surface area contributed by atoms with E-state index in [9.17, 15) is 17.6 Å². The van der Waals surface area contributed by atoms with E-state index in [0.717, 1.165) is 16.3 Å². The van der Waals surface area contributed by atoms with Crippen LogP contribution in [0.15, 0.2) is 66.7 Å². The fourth-order valence-electron chi connectivity index (χ4n) is 3.45. The topological polar surface area (TPSA) is 0 Å². The molecule has 0 atom stereocenters. The van der Waals surface area contributed by atoms with Crippen molar-refractivity contribution in [2.45, 2.75) is 19.8 Å². The number of aryl methyl sites for hydroxylation is 3. The highest BCUT2D eigenvalue weighted by Crippen LogP contribution is 2.20. The minimum atomic E-state index is -0.755. The quantitative estimate of drug-likeness (QED) is 0.251. The first-order chi connectivity index (χ1) is 14.9. The average Bonchev–Trinajstić information content (AvgIpc) is 2.72. The first-order valence-corrected chi connectivity index (χ1v) is 9.83. The first-order valence-electron chi connectivity index (χ1n) is 9.83. The Balaban J connectivity index is 1.55. The minimum absolute atomic E-state index is 0.308. The number of hydrogen-bond donors (Lipinski definition) is 0. The molecule has 0 bridgehead atoms. The predicted molar refractivity (Wildman–Crippen MR) is 115 cm³/mol. The molecule has 0 aromatic heterocycles. The Morgan fingerprint density at radius 1 is 0.645 bits per heavy atom. The Labute approximate surface area is 178 Å². The van der Waals surface area contributed by atoms with Crippen LogP contribution >= 0.6 is 0 Å². The third-order valence-corrected chi connectivity index (χ3v) is 5.13. The normalized spacial score (nSPS) is 10.7. The van der Waals surface area contributed by atoms with Crippen LogP contribution in [0.3, 0.4) is 0 Å². The molecule has 0 heterocycles. The van der Waals surface area contributed by atoms with E-state index in [2.05, 4.69) is 11.8 Å². The van der Waals surface area contributed by atoms with Crippen LogP contribution in [0.4, 0.5) is 17.6 Å². The molecule has 0 aliphatic rings. The summed E-state index contributed by atoms with van der Waals surface area (Å²) in [5, 5.41) is 1.50. The summed E-state index contributed by atoms with van der Waals surface area (Å²) in [6, 6.07) is 16.9. The Morgan fingerprint density at radius 3 is 2.10 bits per heavy atom. The lowest BCUT2D eigenvalue weighted by Gasteiger charge is -2.06. The SMILES string of the molecule is Cc1ccc(CCc2cc(F)c(C#Cc3ccc4cc(F)ccc4c3)c(F)c2)c(F)c1. The zero-order chi connectivity index (χ0) is 22.0. The Bertz CT molecular complexity index is 1320. The summed E-state index contributed by atoms with van der Waals surface area (Å²) in [5.74, 6) is 3.16. The maximum absolute atomic E-state index is 14.5. The highest BCUT2D eigenvalue weighted by molar-refractivity contribution is 5.84. The summed E-state index contributed by atoms with van der Waals surface area (Å²) in [4.78, 5) is 0. The fraction of sp³-hybridized carbons (Fsp3) is 0.111. The molecule has 0 spiro atoms. The maximum Gasteiger partial charge on any atom is 0.142 e. The van der Waals surface area contributed by atoms with Gasteiger partial charge in [-0.05, 0) is 89.7 Å². The van der Waals surface area contributed by atoms with Crippen molar-refractivity contribution in [1.29, 1.82) is 0 Å². The van der Waals surface area contributed by atoms with Gasteiger partial charge in [0.1, 0.15) is 23.3 Å². The van der Waals surface area contributed by atoms with E-state index < -0.39 is 11.6 Å². The second-order valence-electron chi connectivity index (χ2n) is 7.49. The van der Waals surface area contributed by atoms with E-state index in [4.69, 9.17) is 0 Å². The van der Waals surface area contributed by atoms with Gasteiger partial charge in [0.2, 0.25) is 0 Å². The summed E-state index contributed by atoms with van der Waals surface area (Å²) in [5.41, 5.74) is 2.01. The van der Waals surface area contributed by atoms with Crippen LogP contribution in [0.25, 0.3) is 10.8 Å². The molecule has 0 aliphatic heterocycles. The molecule has 0 fully saturated rings. The molecule has 4 aromatic carbocycles. The second kappa shape index (κ2) is 8.65. The smallest absolute Gasteiger partial charge is 0.142 e. The molecule has 154 valence electrons. The largest absolute Gasteiger partial charge is 0.207 e. The van der Waals surface area contributed by atoms with Gasteiger partial charge in [-0.2, -0.15) is 0 Å². The van der Waals surface area contributed by atoms with Gasteiger partial charge in [-0.25, -0.2) is 17.6 Å². The Morgan fingerprint density at radius 2 is 1.35 bits per heavy atom. The van der Waals surface area contributed by atoms with Crippen molar-refractivity contribution < 1.29 is 17.6 Å². The molecule has 4 aromatic rings. The number of rotatable bonds is 3. The molecule has 0 saturated heterocycles. The van der Waals surface area contributed by atoms with Crippen LogP contribution in [-0.4, -0.2) is 0 Å². The number of fused-ring (bicyclic) bond motifs is 1. The zero-order valence-corrected chi connectivity index (χ0v) is 16.8. The minimum Gasteiger partial charge on any atom is -0.207 e. The standard InChI is InChI=1S/C27H18F4/c1-17-2-6-20(25(29)12-17)7-4-19-14-26(30)24(27(31)15-19)11-5-18-3-8-22-16-23(28)10-9-21(22)13-18/h2-3,6,8-10,12-16H,4,7H2,1H3. The summed E-state index contributed by atoms with van der Waals surface area (Å²) in [6.45, 7) is 1.80. The third kappa shape index (κ3) is 4.78. The van der Waals surface area contributed by atoms with Crippen LogP contribution in [-0.2, 0) is 12.8 Å². The second-order valence-corrected chi connectivity index (χ2v) is 7.49. The highest BCUT2D eigenvalue weighted by atomic mass is 19.1. The van der Waals surface area contributed by atoms with Crippen molar-refractivity contribution in [2.75, 3.05) is 0 Å². The molecule has 0 saturated carbocycles. The summed E-state index contributed by atoms with van der Waals surface area (Å²) in [7, 11) is 0. The lowest BCUT2D eigenvalue weighted by Crippen LogP contribution is -1.99. The Kier molecular flexibility index (Phi) is 5.77. The molecule has 0 N–H and O–H groups in total. The molecule has 0 amide bonds.